The number of anilines is 1. The van der Waals surface area contributed by atoms with Crippen molar-refractivity contribution in [3.8, 4) is 0 Å². The summed E-state index contributed by atoms with van der Waals surface area (Å²) in [5, 5.41) is 10.6. The molecule has 1 aromatic heterocycles. The summed E-state index contributed by atoms with van der Waals surface area (Å²) >= 11 is 0. The van der Waals surface area contributed by atoms with Crippen molar-refractivity contribution in [2.75, 3.05) is 44.7 Å². The number of aromatic nitrogens is 2. The standard InChI is InChI=1S/C20H29N7O/c1-21-20(23-16-18-8-11-24-25(18)2)22-10-9-19(28)27-14-12-26(13-15-27)17-6-4-3-5-7-17/h3-8,11H,9-10,12-16H2,1-2H3,(H2,21,22,23). The van der Waals surface area contributed by atoms with Crippen LogP contribution in [0.4, 0.5) is 5.69 Å². The minimum absolute atomic E-state index is 0.183. The summed E-state index contributed by atoms with van der Waals surface area (Å²) in [5.74, 6) is 0.866. The number of guanidine groups is 1. The second kappa shape index (κ2) is 9.77. The molecule has 2 heterocycles. The maximum atomic E-state index is 12.5. The van der Waals surface area contributed by atoms with Gasteiger partial charge in [0.2, 0.25) is 5.91 Å². The largest absolute Gasteiger partial charge is 0.368 e. The number of hydrogen-bond donors (Lipinski definition) is 2. The van der Waals surface area contributed by atoms with Crippen LogP contribution < -0.4 is 15.5 Å². The molecule has 1 aromatic carbocycles. The Balaban J connectivity index is 1.36. The number of amides is 1. The first-order valence-electron chi connectivity index (χ1n) is 9.66. The monoisotopic (exact) mass is 383 g/mol. The molecule has 150 valence electrons. The van der Waals surface area contributed by atoms with Gasteiger partial charge in [0.1, 0.15) is 0 Å². The van der Waals surface area contributed by atoms with Crippen molar-refractivity contribution in [2.45, 2.75) is 13.0 Å². The number of para-hydroxylation sites is 1. The summed E-state index contributed by atoms with van der Waals surface area (Å²) in [6.07, 6.45) is 2.22. The molecule has 0 aliphatic carbocycles. The van der Waals surface area contributed by atoms with Gasteiger partial charge in [0, 0.05) is 65.1 Å². The lowest BCUT2D eigenvalue weighted by Crippen LogP contribution is -2.49. The Morgan fingerprint density at radius 1 is 1.11 bits per heavy atom. The van der Waals surface area contributed by atoms with E-state index in [0.717, 1.165) is 31.9 Å². The van der Waals surface area contributed by atoms with E-state index in [4.69, 9.17) is 0 Å². The lowest BCUT2D eigenvalue weighted by atomic mass is 10.2. The van der Waals surface area contributed by atoms with E-state index in [9.17, 15) is 4.79 Å². The SMILES string of the molecule is CN=C(NCCC(=O)N1CCN(c2ccccc2)CC1)NCc1ccnn1C. The number of carbonyl (C=O) groups is 1. The Hall–Kier alpha value is -3.03. The molecular formula is C20H29N7O. The third-order valence-corrected chi connectivity index (χ3v) is 4.97. The van der Waals surface area contributed by atoms with Crippen LogP contribution in [0.25, 0.3) is 0 Å². The number of piperazine rings is 1. The molecule has 2 aromatic rings. The van der Waals surface area contributed by atoms with Crippen molar-refractivity contribution >= 4 is 17.6 Å². The average molecular weight is 384 g/mol. The van der Waals surface area contributed by atoms with E-state index >= 15 is 0 Å². The zero-order valence-electron chi connectivity index (χ0n) is 16.6. The molecule has 1 aliphatic rings. The van der Waals surface area contributed by atoms with Crippen LogP contribution in [0.2, 0.25) is 0 Å². The predicted octanol–water partition coefficient (Wildman–Crippen LogP) is 0.824. The molecule has 0 unspecified atom stereocenters. The van der Waals surface area contributed by atoms with Crippen LogP contribution in [0.5, 0.6) is 0 Å². The Bertz CT molecular complexity index is 779. The first kappa shape index (κ1) is 19.7. The van der Waals surface area contributed by atoms with Crippen molar-refractivity contribution in [2.24, 2.45) is 12.0 Å². The van der Waals surface area contributed by atoms with Crippen molar-refractivity contribution in [1.29, 1.82) is 0 Å². The first-order valence-corrected chi connectivity index (χ1v) is 9.66. The molecule has 1 aliphatic heterocycles. The van der Waals surface area contributed by atoms with Gasteiger partial charge in [-0.2, -0.15) is 5.10 Å². The van der Waals surface area contributed by atoms with Crippen LogP contribution in [-0.4, -0.2) is 66.3 Å². The van der Waals surface area contributed by atoms with Gasteiger partial charge in [-0.25, -0.2) is 0 Å². The Labute approximate surface area is 166 Å². The number of nitrogens with one attached hydrogen (secondary N) is 2. The van der Waals surface area contributed by atoms with Gasteiger partial charge >= 0.3 is 0 Å². The maximum absolute atomic E-state index is 12.5. The van der Waals surface area contributed by atoms with Crippen LogP contribution in [0.1, 0.15) is 12.1 Å². The highest BCUT2D eigenvalue weighted by atomic mass is 16.2. The zero-order chi connectivity index (χ0) is 19.8. The zero-order valence-corrected chi connectivity index (χ0v) is 16.6. The summed E-state index contributed by atoms with van der Waals surface area (Å²) in [6.45, 7) is 4.46. The fourth-order valence-corrected chi connectivity index (χ4v) is 3.27. The van der Waals surface area contributed by atoms with E-state index in [-0.39, 0.29) is 5.91 Å². The van der Waals surface area contributed by atoms with Gasteiger partial charge in [0.05, 0.1) is 12.2 Å². The first-order chi connectivity index (χ1) is 13.7. The fraction of sp³-hybridized carbons (Fsp3) is 0.450. The lowest BCUT2D eigenvalue weighted by molar-refractivity contribution is -0.131. The smallest absolute Gasteiger partial charge is 0.224 e. The third kappa shape index (κ3) is 5.25. The number of nitrogens with zero attached hydrogens (tertiary/aromatic N) is 5. The van der Waals surface area contributed by atoms with Gasteiger partial charge < -0.3 is 20.4 Å². The highest BCUT2D eigenvalue weighted by Gasteiger charge is 2.20. The van der Waals surface area contributed by atoms with E-state index in [1.807, 2.05) is 40.9 Å². The van der Waals surface area contributed by atoms with Crippen LogP contribution in [-0.2, 0) is 18.4 Å². The molecule has 1 saturated heterocycles. The Kier molecular flexibility index (Phi) is 6.89. The van der Waals surface area contributed by atoms with Crippen molar-refractivity contribution in [1.82, 2.24) is 25.3 Å². The second-order valence-electron chi connectivity index (χ2n) is 6.75. The number of rotatable bonds is 6. The molecular weight excluding hydrogens is 354 g/mol. The number of aliphatic imine (C=N–C) groups is 1. The number of carbonyl (C=O) groups excluding carboxylic acids is 1. The fourth-order valence-electron chi connectivity index (χ4n) is 3.27. The third-order valence-electron chi connectivity index (χ3n) is 4.97. The Morgan fingerprint density at radius 2 is 1.86 bits per heavy atom. The molecule has 28 heavy (non-hydrogen) atoms. The molecule has 0 saturated carbocycles. The molecule has 0 bridgehead atoms. The maximum Gasteiger partial charge on any atom is 0.224 e. The summed E-state index contributed by atoms with van der Waals surface area (Å²) < 4.78 is 1.82. The van der Waals surface area contributed by atoms with E-state index < -0.39 is 0 Å². The van der Waals surface area contributed by atoms with Gasteiger partial charge in [-0.15, -0.1) is 0 Å². The topological polar surface area (TPSA) is 77.8 Å². The normalized spacial score (nSPS) is 14.9. The molecule has 1 amide bonds. The van der Waals surface area contributed by atoms with Crippen molar-refractivity contribution < 1.29 is 4.79 Å². The minimum atomic E-state index is 0.183. The van der Waals surface area contributed by atoms with Crippen LogP contribution in [0.3, 0.4) is 0 Å². The van der Waals surface area contributed by atoms with Crippen molar-refractivity contribution in [3.63, 3.8) is 0 Å². The quantitative estimate of drug-likeness (QED) is 0.571. The van der Waals surface area contributed by atoms with E-state index in [0.29, 0.717) is 25.5 Å². The summed E-state index contributed by atoms with van der Waals surface area (Å²) in [7, 11) is 3.63. The molecule has 0 spiro atoms. The van der Waals surface area contributed by atoms with Crippen molar-refractivity contribution in [3.05, 3.63) is 48.3 Å². The van der Waals surface area contributed by atoms with E-state index in [1.165, 1.54) is 5.69 Å². The summed E-state index contributed by atoms with van der Waals surface area (Å²) in [4.78, 5) is 21.0. The number of aryl methyl sites for hydroxylation is 1. The second-order valence-corrected chi connectivity index (χ2v) is 6.75. The molecule has 1 fully saturated rings. The highest BCUT2D eigenvalue weighted by molar-refractivity contribution is 5.81. The molecule has 0 radical (unpaired) electrons. The molecule has 8 nitrogen and oxygen atoms in total. The van der Waals surface area contributed by atoms with Crippen LogP contribution in [0.15, 0.2) is 47.6 Å². The number of hydrogen-bond acceptors (Lipinski definition) is 4. The molecule has 2 N–H and O–H groups in total. The van der Waals surface area contributed by atoms with Gasteiger partial charge in [0.15, 0.2) is 5.96 Å². The number of benzene rings is 1. The Morgan fingerprint density at radius 3 is 2.50 bits per heavy atom. The van der Waals surface area contributed by atoms with Gasteiger partial charge in [0.25, 0.3) is 0 Å². The predicted molar refractivity (Wildman–Crippen MR) is 111 cm³/mol. The average Bonchev–Trinajstić information content (AvgIpc) is 3.16. The molecule has 3 rings (SSSR count). The lowest BCUT2D eigenvalue weighted by Gasteiger charge is -2.36. The summed E-state index contributed by atoms with van der Waals surface area (Å²) in [5.41, 5.74) is 2.29. The minimum Gasteiger partial charge on any atom is -0.368 e. The van der Waals surface area contributed by atoms with Crippen LogP contribution >= 0.6 is 0 Å². The van der Waals surface area contributed by atoms with E-state index in [1.54, 1.807) is 13.2 Å². The van der Waals surface area contributed by atoms with Gasteiger partial charge in [-0.05, 0) is 18.2 Å². The van der Waals surface area contributed by atoms with E-state index in [2.05, 4.69) is 37.8 Å². The van der Waals surface area contributed by atoms with Crippen LogP contribution in [0, 0.1) is 0 Å². The molecule has 8 heteroatoms. The molecule has 0 atom stereocenters. The highest BCUT2D eigenvalue weighted by Crippen LogP contribution is 2.15. The summed E-state index contributed by atoms with van der Waals surface area (Å²) in [6, 6.07) is 12.3. The van der Waals surface area contributed by atoms with Gasteiger partial charge in [-0.1, -0.05) is 18.2 Å². The van der Waals surface area contributed by atoms with Gasteiger partial charge in [-0.3, -0.25) is 14.5 Å².